The summed E-state index contributed by atoms with van der Waals surface area (Å²) in [5.41, 5.74) is -15.1. The third-order valence-corrected chi connectivity index (χ3v) is 20.8. The molecule has 478 valence electrons. The number of methoxy groups -OCH3 is 2. The Hall–Kier alpha value is -9.17. The van der Waals surface area contributed by atoms with E-state index in [1.807, 2.05) is 33.9 Å². The molecule has 9 rings (SSSR count). The van der Waals surface area contributed by atoms with E-state index in [1.54, 1.807) is 69.3 Å². The van der Waals surface area contributed by atoms with Gasteiger partial charge < -0.3 is 51.8 Å². The summed E-state index contributed by atoms with van der Waals surface area (Å²) in [6.45, 7) is 27.0. The summed E-state index contributed by atoms with van der Waals surface area (Å²) in [7, 11) is 0.148. The summed E-state index contributed by atoms with van der Waals surface area (Å²) < 4.78 is 55.7. The SMILES string of the molecule is COC(=O)c1c2nc3c(C(=O)OC)c(N4c5ccccc5[C@]5(c6cn(C(=O)OC(C)(C)C)c7ccccc67)[C@H]4N4C(=O)C(C)(O[Si](C)(C)C(C)(C)C)N(C)C(=O)[C@@]4(OC(C)=O)[C@H]5OC(C)=O)ccc3oc-2cc(=O)c1N(C(=O)OC(C)(C)C)C(=O)OC(C)(C)C. The molecule has 25 nitrogen and oxygen atoms in total. The normalized spacial score (nSPS) is 21.0. The summed E-state index contributed by atoms with van der Waals surface area (Å²) in [5.74, 6) is -7.07. The van der Waals surface area contributed by atoms with Gasteiger partial charge in [-0.05, 0) is 123 Å². The minimum absolute atomic E-state index is 0.120. The van der Waals surface area contributed by atoms with Gasteiger partial charge in [-0.3, -0.25) is 33.4 Å². The van der Waals surface area contributed by atoms with Crippen LogP contribution in [-0.2, 0) is 62.2 Å². The quantitative estimate of drug-likeness (QED) is 0.0562. The number of hydrogen-bond acceptors (Lipinski definition) is 21. The van der Waals surface area contributed by atoms with Gasteiger partial charge in [-0.25, -0.2) is 29.0 Å². The molecule has 2 fully saturated rings. The number of rotatable bonds is 9. The number of piperazine rings is 1. The number of nitrogens with zero attached hydrogens (tertiary/aromatic N) is 6. The molecule has 0 saturated carbocycles. The Balaban J connectivity index is 1.48. The van der Waals surface area contributed by atoms with E-state index < -0.39 is 152 Å². The fourth-order valence-electron chi connectivity index (χ4n) is 11.8. The average molecular weight is 1260 g/mol. The summed E-state index contributed by atoms with van der Waals surface area (Å²) in [5, 5.41) is -0.308. The van der Waals surface area contributed by atoms with E-state index in [0.717, 1.165) is 43.9 Å². The lowest BCUT2D eigenvalue weighted by molar-refractivity contribution is -0.243. The molecule has 0 N–H and O–H groups in total. The number of benzene rings is 4. The van der Waals surface area contributed by atoms with Gasteiger partial charge >= 0.3 is 47.9 Å². The minimum Gasteiger partial charge on any atom is -0.465 e. The van der Waals surface area contributed by atoms with Crippen molar-refractivity contribution in [3.8, 4) is 11.5 Å². The van der Waals surface area contributed by atoms with Gasteiger partial charge in [0, 0.05) is 44.2 Å². The number of fused-ring (bicyclic) bond motifs is 8. The smallest absolute Gasteiger partial charge is 0.424 e. The van der Waals surface area contributed by atoms with Crippen molar-refractivity contribution in [1.82, 2.24) is 19.4 Å². The van der Waals surface area contributed by atoms with Gasteiger partial charge in [0.1, 0.15) is 56.4 Å². The third-order valence-electron chi connectivity index (χ3n) is 16.3. The zero-order chi connectivity index (χ0) is 66.9. The second kappa shape index (κ2) is 21.8. The molecule has 1 aromatic heterocycles. The van der Waals surface area contributed by atoms with Crippen LogP contribution in [0.25, 0.3) is 33.5 Å². The Morgan fingerprint density at radius 2 is 1.26 bits per heavy atom. The summed E-state index contributed by atoms with van der Waals surface area (Å²) in [6, 6.07) is 16.8. The molecule has 4 aromatic rings. The molecule has 4 amide bonds. The van der Waals surface area contributed by atoms with Crippen LogP contribution in [0.5, 0.6) is 0 Å². The van der Waals surface area contributed by atoms with Crippen LogP contribution in [0.2, 0.25) is 18.1 Å². The molecule has 26 heteroatoms. The Bertz CT molecular complexity index is 4060. The van der Waals surface area contributed by atoms with Gasteiger partial charge in [0.2, 0.25) is 11.2 Å². The van der Waals surface area contributed by atoms with Crippen molar-refractivity contribution in [2.75, 3.05) is 31.1 Å². The largest absolute Gasteiger partial charge is 0.465 e. The number of amides is 4. The molecule has 2 saturated heterocycles. The Morgan fingerprint density at radius 1 is 0.689 bits per heavy atom. The van der Waals surface area contributed by atoms with Gasteiger partial charge in [-0.2, -0.15) is 4.90 Å². The number of hydrogen-bond donors (Lipinski definition) is 0. The average Bonchev–Trinajstić information content (AvgIpc) is 1.49. The first-order chi connectivity index (χ1) is 41.5. The van der Waals surface area contributed by atoms with Crippen molar-refractivity contribution >= 4 is 101 Å². The van der Waals surface area contributed by atoms with Gasteiger partial charge in [0.25, 0.3) is 11.8 Å². The first-order valence-electron chi connectivity index (χ1n) is 28.8. The third kappa shape index (κ3) is 10.3. The summed E-state index contributed by atoms with van der Waals surface area (Å²) in [4.78, 5) is 158. The van der Waals surface area contributed by atoms with Crippen LogP contribution in [0.4, 0.5) is 31.4 Å². The number of esters is 4. The van der Waals surface area contributed by atoms with E-state index in [0.29, 0.717) is 5.39 Å². The first kappa shape index (κ1) is 65.3. The predicted molar refractivity (Wildman–Crippen MR) is 328 cm³/mol. The monoisotopic (exact) mass is 1260 g/mol. The highest BCUT2D eigenvalue weighted by Crippen LogP contribution is 2.67. The molecule has 3 aromatic carbocycles. The highest BCUT2D eigenvalue weighted by atomic mass is 28.4. The Kier molecular flexibility index (Phi) is 15.8. The maximum Gasteiger partial charge on any atom is 0.424 e. The van der Waals surface area contributed by atoms with Gasteiger partial charge in [0.05, 0.1) is 25.4 Å². The second-order valence-corrected chi connectivity index (χ2v) is 31.7. The van der Waals surface area contributed by atoms with Crippen molar-refractivity contribution in [3.63, 3.8) is 0 Å². The van der Waals surface area contributed by atoms with Gasteiger partial charge in [-0.15, -0.1) is 0 Å². The van der Waals surface area contributed by atoms with E-state index in [4.69, 9.17) is 47.0 Å². The molecular formula is C64H74N6O19Si. The lowest BCUT2D eigenvalue weighted by Gasteiger charge is -2.56. The number of likely N-dealkylation sites (N-methyl/N-ethyl adjacent to an activating group) is 1. The fraction of sp³-hybridized carbons (Fsp3) is 0.453. The molecule has 5 atom stereocenters. The lowest BCUT2D eigenvalue weighted by Crippen LogP contribution is -2.80. The van der Waals surface area contributed by atoms with Crippen molar-refractivity contribution in [3.05, 3.63) is 105 Å². The fourth-order valence-corrected chi connectivity index (χ4v) is 13.3. The molecule has 1 aliphatic carbocycles. The van der Waals surface area contributed by atoms with Crippen LogP contribution < -0.4 is 15.2 Å². The molecule has 0 bridgehead atoms. The molecule has 1 unspecified atom stereocenters. The zero-order valence-corrected chi connectivity index (χ0v) is 55.0. The Morgan fingerprint density at radius 3 is 1.81 bits per heavy atom. The summed E-state index contributed by atoms with van der Waals surface area (Å²) >= 11 is 0. The van der Waals surface area contributed by atoms with E-state index in [9.17, 15) is 33.6 Å². The van der Waals surface area contributed by atoms with Crippen molar-refractivity contribution < 1.29 is 85.2 Å². The van der Waals surface area contributed by atoms with E-state index in [2.05, 4.69) is 0 Å². The molecule has 90 heavy (non-hydrogen) atoms. The maximum absolute atomic E-state index is 16.9. The van der Waals surface area contributed by atoms with Crippen molar-refractivity contribution in [2.45, 2.75) is 168 Å². The highest BCUT2D eigenvalue weighted by Gasteiger charge is 2.84. The number of ether oxygens (including phenoxy) is 7. The van der Waals surface area contributed by atoms with Gasteiger partial charge in [-0.1, -0.05) is 57.2 Å². The van der Waals surface area contributed by atoms with Crippen LogP contribution in [0, 0.1) is 0 Å². The van der Waals surface area contributed by atoms with Crippen molar-refractivity contribution in [2.24, 2.45) is 0 Å². The molecule has 0 spiro atoms. The number of para-hydroxylation sites is 2. The number of aromatic nitrogens is 2. The van der Waals surface area contributed by atoms with E-state index in [1.165, 1.54) is 83.3 Å². The van der Waals surface area contributed by atoms with E-state index >= 15 is 14.4 Å². The number of imide groups is 1. The van der Waals surface area contributed by atoms with Gasteiger partial charge in [0.15, 0.2) is 25.8 Å². The van der Waals surface area contributed by atoms with Crippen LogP contribution in [0.15, 0.2) is 82.1 Å². The van der Waals surface area contributed by atoms with Crippen LogP contribution in [0.1, 0.15) is 136 Å². The predicted octanol–water partition coefficient (Wildman–Crippen LogP) is 10.3. The zero-order valence-electron chi connectivity index (χ0n) is 54.0. The number of carbonyl (C=O) groups excluding carboxylic acids is 9. The lowest BCUT2D eigenvalue weighted by atomic mass is 9.69. The number of anilines is 3. The minimum atomic E-state index is -3.18. The molecule has 4 aliphatic heterocycles. The van der Waals surface area contributed by atoms with E-state index in [-0.39, 0.29) is 38.5 Å². The highest BCUT2D eigenvalue weighted by molar-refractivity contribution is 6.74. The molecule has 5 aliphatic rings. The topological polar surface area (TPSA) is 288 Å². The second-order valence-electron chi connectivity index (χ2n) is 26.9. The van der Waals surface area contributed by atoms with Crippen LogP contribution >= 0.6 is 0 Å². The molecule has 0 radical (unpaired) electrons. The van der Waals surface area contributed by atoms with Crippen molar-refractivity contribution in [1.29, 1.82) is 0 Å². The molecular weight excluding hydrogens is 1180 g/mol. The van der Waals surface area contributed by atoms with Crippen LogP contribution in [0.3, 0.4) is 0 Å². The standard InChI is InChI=1S/C64H74N6O19Si/c1-33(71)83-51-63(37-32-67(55(78)86-58(3,4)5)38-27-23-21-25-35(37)38)36-26-22-24-28-39(36)68(52(63)70-53(76)62(15,89-90(19,20)61(12,13)14)66(16)54(77)64(51,70)85-34(2)72)40-29-30-42-46(44(40)49(74)81-17)65-47-43(84-42)31-41(73)48(45(47)50(75)82-18)69(56(79)87-59(6,7)8)57(80)88-60(9,10)11/h21-32,51-52H,1-20H3/t51-,52+,62?,63+,64-/m0/s1. The Labute approximate surface area is 519 Å². The maximum atomic E-state index is 16.9. The first-order valence-corrected chi connectivity index (χ1v) is 31.7. The van der Waals surface area contributed by atoms with Crippen LogP contribution in [-0.4, -0.2) is 143 Å². The molecule has 5 heterocycles. The summed E-state index contributed by atoms with van der Waals surface area (Å²) in [6.07, 6.45) is -6.25. The number of carbonyl (C=O) groups is 9.